The zero-order chi connectivity index (χ0) is 29.5. The molecule has 0 radical (unpaired) electrons. The van der Waals surface area contributed by atoms with Crippen molar-refractivity contribution in [2.45, 2.75) is 19.9 Å². The fourth-order valence-corrected chi connectivity index (χ4v) is 6.28. The maximum atomic E-state index is 13.9. The zero-order valence-corrected chi connectivity index (χ0v) is 26.1. The van der Waals surface area contributed by atoms with Crippen molar-refractivity contribution in [3.63, 3.8) is 0 Å². The van der Waals surface area contributed by atoms with Gasteiger partial charge in [-0.1, -0.05) is 62.6 Å². The van der Waals surface area contributed by atoms with Crippen LogP contribution in [-0.4, -0.2) is 17.1 Å². The van der Waals surface area contributed by atoms with Gasteiger partial charge in [0, 0.05) is 21.7 Å². The Labute approximate surface area is 262 Å². The van der Waals surface area contributed by atoms with Gasteiger partial charge >= 0.3 is 5.97 Å². The van der Waals surface area contributed by atoms with Crippen LogP contribution in [0.3, 0.4) is 0 Å². The first-order chi connectivity index (χ1) is 20.2. The van der Waals surface area contributed by atoms with Crippen LogP contribution in [0, 0.1) is 0 Å². The van der Waals surface area contributed by atoms with E-state index in [4.69, 9.17) is 36.8 Å². The first-order valence-electron chi connectivity index (χ1n) is 12.8. The van der Waals surface area contributed by atoms with Gasteiger partial charge in [-0.2, -0.15) is 0 Å². The lowest BCUT2D eigenvalue weighted by molar-refractivity contribution is -0.139. The average Bonchev–Trinajstić information content (AvgIpc) is 3.70. The van der Waals surface area contributed by atoms with E-state index in [0.29, 0.717) is 53.7 Å². The Morgan fingerprint density at radius 3 is 2.48 bits per heavy atom. The minimum atomic E-state index is -0.895. The second-order valence-corrected chi connectivity index (χ2v) is 12.1. The smallest absolute Gasteiger partial charge is 0.338 e. The van der Waals surface area contributed by atoms with E-state index < -0.39 is 12.0 Å². The molecular weight excluding hydrogens is 663 g/mol. The van der Waals surface area contributed by atoms with Crippen molar-refractivity contribution in [1.82, 2.24) is 4.57 Å². The van der Waals surface area contributed by atoms with Crippen molar-refractivity contribution in [3.8, 4) is 22.6 Å². The van der Waals surface area contributed by atoms with E-state index in [-0.39, 0.29) is 17.7 Å². The van der Waals surface area contributed by atoms with Gasteiger partial charge in [-0.15, -0.1) is 0 Å². The van der Waals surface area contributed by atoms with Crippen molar-refractivity contribution in [3.05, 3.63) is 124 Å². The fraction of sp³-hybridized carbons (Fsp3) is 0.129. The summed E-state index contributed by atoms with van der Waals surface area (Å²) in [5.74, 6) is 1.48. The number of thiazole rings is 1. The van der Waals surface area contributed by atoms with Gasteiger partial charge in [-0.3, -0.25) is 9.36 Å². The Morgan fingerprint density at radius 1 is 1.02 bits per heavy atom. The van der Waals surface area contributed by atoms with Crippen LogP contribution in [0.15, 0.2) is 101 Å². The van der Waals surface area contributed by atoms with Crippen LogP contribution in [0.4, 0.5) is 0 Å². The lowest BCUT2D eigenvalue weighted by Gasteiger charge is -2.22. The topological polar surface area (TPSA) is 86.9 Å². The van der Waals surface area contributed by atoms with Crippen LogP contribution in [0.1, 0.15) is 31.4 Å². The van der Waals surface area contributed by atoms with E-state index in [1.54, 1.807) is 56.3 Å². The molecule has 0 saturated heterocycles. The van der Waals surface area contributed by atoms with E-state index in [1.807, 2.05) is 30.3 Å². The molecule has 0 saturated carbocycles. The molecule has 0 unspecified atom stereocenters. The molecule has 1 aliphatic rings. The molecule has 0 fully saturated rings. The number of halogens is 3. The highest BCUT2D eigenvalue weighted by molar-refractivity contribution is 9.10. The third-order valence-corrected chi connectivity index (χ3v) is 8.90. The number of esters is 1. The number of benzene rings is 2. The van der Waals surface area contributed by atoms with Gasteiger partial charge in [-0.05, 0) is 68.4 Å². The summed E-state index contributed by atoms with van der Waals surface area (Å²) in [6.45, 7) is 3.61. The maximum Gasteiger partial charge on any atom is 0.338 e. The summed E-state index contributed by atoms with van der Waals surface area (Å²) in [5.41, 5.74) is 1.92. The second-order valence-electron chi connectivity index (χ2n) is 9.34. The van der Waals surface area contributed by atoms with Crippen molar-refractivity contribution in [2.75, 3.05) is 6.61 Å². The van der Waals surface area contributed by atoms with E-state index >= 15 is 0 Å². The Morgan fingerprint density at radius 2 is 1.74 bits per heavy atom. The molecule has 5 aromatic rings. The highest BCUT2D eigenvalue weighted by atomic mass is 79.9. The third-order valence-electron chi connectivity index (χ3n) is 6.65. The minimum Gasteiger partial charge on any atom is -0.463 e. The largest absolute Gasteiger partial charge is 0.463 e. The molecule has 6 rings (SSSR count). The number of fused-ring (bicyclic) bond motifs is 1. The molecule has 0 bridgehead atoms. The molecule has 1 atom stereocenters. The van der Waals surface area contributed by atoms with Gasteiger partial charge in [0.1, 0.15) is 29.1 Å². The van der Waals surface area contributed by atoms with Crippen LogP contribution in [-0.2, 0) is 9.53 Å². The number of rotatable bonds is 6. The summed E-state index contributed by atoms with van der Waals surface area (Å²) in [7, 11) is 0. The monoisotopic (exact) mass is 682 g/mol. The number of furan rings is 2. The van der Waals surface area contributed by atoms with Crippen molar-refractivity contribution in [1.29, 1.82) is 0 Å². The molecule has 11 heteroatoms. The predicted octanol–water partition coefficient (Wildman–Crippen LogP) is 7.39. The van der Waals surface area contributed by atoms with Gasteiger partial charge < -0.3 is 13.6 Å². The molecule has 1 aliphatic heterocycles. The number of aromatic nitrogens is 1. The summed E-state index contributed by atoms with van der Waals surface area (Å²) < 4.78 is 20.5. The maximum absolute atomic E-state index is 13.9. The van der Waals surface area contributed by atoms with Crippen LogP contribution >= 0.6 is 50.5 Å². The molecule has 2 aromatic carbocycles. The molecule has 4 heterocycles. The molecule has 3 aromatic heterocycles. The summed E-state index contributed by atoms with van der Waals surface area (Å²) in [5, 5.41) is 0.798. The Kier molecular flexibility index (Phi) is 7.85. The van der Waals surface area contributed by atoms with Crippen LogP contribution in [0.5, 0.6) is 0 Å². The molecule has 0 spiro atoms. The van der Waals surface area contributed by atoms with Crippen LogP contribution in [0.25, 0.3) is 28.7 Å². The highest BCUT2D eigenvalue weighted by Crippen LogP contribution is 2.35. The first-order valence-corrected chi connectivity index (χ1v) is 15.2. The molecule has 42 heavy (non-hydrogen) atoms. The lowest BCUT2D eigenvalue weighted by Crippen LogP contribution is -2.39. The molecular formula is C31H21BrCl2N2O5S. The average molecular weight is 684 g/mol. The second kappa shape index (κ2) is 11.6. The van der Waals surface area contributed by atoms with Gasteiger partial charge in [0.2, 0.25) is 0 Å². The standard InChI is InChI=1S/C31H21BrCl2N2O5S/c1-3-39-30(38)27-16(2)35-31-36(28(27)25-13-12-24(41-25)18-6-10-21(33)22(34)14-18)29(37)26(42-31)15-20-9-11-23(40-20)17-4-7-19(32)8-5-17/h4-15,28H,3H2,1-2H3/b26-15-/t28-/m0/s1. The van der Waals surface area contributed by atoms with Crippen LogP contribution < -0.4 is 14.9 Å². The van der Waals surface area contributed by atoms with Gasteiger partial charge in [0.25, 0.3) is 5.56 Å². The van der Waals surface area contributed by atoms with E-state index in [9.17, 15) is 9.59 Å². The zero-order valence-electron chi connectivity index (χ0n) is 22.2. The number of hydrogen-bond acceptors (Lipinski definition) is 7. The van der Waals surface area contributed by atoms with E-state index in [0.717, 1.165) is 10.0 Å². The van der Waals surface area contributed by atoms with E-state index in [1.165, 1.54) is 15.9 Å². The Bertz CT molecular complexity index is 2050. The number of carbonyl (C=O) groups is 1. The number of nitrogens with zero attached hydrogens (tertiary/aromatic N) is 2. The normalized spacial score (nSPS) is 15.1. The summed E-state index contributed by atoms with van der Waals surface area (Å²) >= 11 is 17.0. The number of allylic oxidation sites excluding steroid dienone is 1. The molecule has 212 valence electrons. The molecule has 0 aliphatic carbocycles. The number of hydrogen-bond donors (Lipinski definition) is 0. The lowest BCUT2D eigenvalue weighted by atomic mass is 10.0. The fourth-order valence-electron chi connectivity index (χ4n) is 4.69. The molecule has 7 nitrogen and oxygen atoms in total. The van der Waals surface area contributed by atoms with E-state index in [2.05, 4.69) is 20.9 Å². The van der Waals surface area contributed by atoms with Crippen molar-refractivity contribution in [2.24, 2.45) is 4.99 Å². The Balaban J connectivity index is 1.46. The number of carbonyl (C=O) groups excluding carboxylic acids is 1. The summed E-state index contributed by atoms with van der Waals surface area (Å²) in [4.78, 5) is 32.1. The first kappa shape index (κ1) is 28.5. The van der Waals surface area contributed by atoms with Gasteiger partial charge in [0.15, 0.2) is 4.80 Å². The number of ether oxygens (including phenoxy) is 1. The van der Waals surface area contributed by atoms with Gasteiger partial charge in [0.05, 0.1) is 32.5 Å². The third kappa shape index (κ3) is 5.33. The molecule has 0 N–H and O–H groups in total. The quantitative estimate of drug-likeness (QED) is 0.174. The predicted molar refractivity (Wildman–Crippen MR) is 166 cm³/mol. The van der Waals surface area contributed by atoms with Crippen molar-refractivity contribution < 1.29 is 18.4 Å². The van der Waals surface area contributed by atoms with Crippen LogP contribution in [0.2, 0.25) is 10.0 Å². The Hall–Kier alpha value is -3.63. The van der Waals surface area contributed by atoms with Gasteiger partial charge in [-0.25, -0.2) is 9.79 Å². The summed E-state index contributed by atoms with van der Waals surface area (Å²) in [6.07, 6.45) is 1.68. The minimum absolute atomic E-state index is 0.165. The highest BCUT2D eigenvalue weighted by Gasteiger charge is 2.35. The van der Waals surface area contributed by atoms with Crippen molar-refractivity contribution >= 4 is 62.5 Å². The molecule has 0 amide bonds. The SMILES string of the molecule is CCOC(=O)C1=C(C)N=c2s/c(=C\c3ccc(-c4ccc(Br)cc4)o3)c(=O)n2[C@H]1c1ccc(-c2ccc(Cl)c(Cl)c2)o1. The summed E-state index contributed by atoms with van der Waals surface area (Å²) in [6, 6.07) is 19.1.